The van der Waals surface area contributed by atoms with E-state index in [1.807, 2.05) is 6.07 Å². The number of rotatable bonds is 4. The third-order valence-electron chi connectivity index (χ3n) is 2.08. The molecule has 0 saturated heterocycles. The van der Waals surface area contributed by atoms with E-state index in [9.17, 15) is 8.42 Å². The van der Waals surface area contributed by atoms with E-state index in [4.69, 9.17) is 11.0 Å². The summed E-state index contributed by atoms with van der Waals surface area (Å²) in [7, 11) is -3.66. The van der Waals surface area contributed by atoms with Gasteiger partial charge in [-0.25, -0.2) is 18.1 Å². The topological polar surface area (TPSA) is 109 Å². The average molecular weight is 254 g/mol. The maximum atomic E-state index is 11.9. The zero-order valence-corrected chi connectivity index (χ0v) is 10.5. The number of hydrogen-bond donors (Lipinski definition) is 2. The van der Waals surface area contributed by atoms with Crippen molar-refractivity contribution in [2.75, 3.05) is 6.54 Å². The first-order valence-corrected chi connectivity index (χ1v) is 6.39. The van der Waals surface area contributed by atoms with Gasteiger partial charge in [-0.2, -0.15) is 5.26 Å². The molecule has 17 heavy (non-hydrogen) atoms. The monoisotopic (exact) mass is 254 g/mol. The molecular formula is C10H14N4O2S. The van der Waals surface area contributed by atoms with Gasteiger partial charge in [-0.1, -0.05) is 0 Å². The van der Waals surface area contributed by atoms with Crippen LogP contribution in [0.25, 0.3) is 0 Å². The molecular weight excluding hydrogens is 240 g/mol. The van der Waals surface area contributed by atoms with E-state index in [0.29, 0.717) is 0 Å². The summed E-state index contributed by atoms with van der Waals surface area (Å²) < 4.78 is 26.3. The van der Waals surface area contributed by atoms with Crippen molar-refractivity contribution >= 4 is 10.0 Å². The van der Waals surface area contributed by atoms with E-state index in [0.717, 1.165) is 6.20 Å². The van der Waals surface area contributed by atoms with E-state index in [-0.39, 0.29) is 17.1 Å². The number of pyridine rings is 1. The lowest BCUT2D eigenvalue weighted by Crippen LogP contribution is -2.48. The molecule has 92 valence electrons. The highest BCUT2D eigenvalue weighted by atomic mass is 32.2. The van der Waals surface area contributed by atoms with Gasteiger partial charge in [0.25, 0.3) is 0 Å². The van der Waals surface area contributed by atoms with Gasteiger partial charge in [0.05, 0.1) is 0 Å². The lowest BCUT2D eigenvalue weighted by molar-refractivity contribution is 0.462. The fraction of sp³-hybridized carbons (Fsp3) is 0.400. The summed E-state index contributed by atoms with van der Waals surface area (Å²) in [6.07, 6.45) is 1.15. The minimum absolute atomic E-state index is 0.0121. The van der Waals surface area contributed by atoms with Gasteiger partial charge in [0.1, 0.15) is 16.7 Å². The first-order valence-electron chi connectivity index (χ1n) is 4.91. The van der Waals surface area contributed by atoms with E-state index >= 15 is 0 Å². The molecule has 1 aromatic rings. The van der Waals surface area contributed by atoms with E-state index in [2.05, 4.69) is 9.71 Å². The van der Waals surface area contributed by atoms with E-state index < -0.39 is 15.6 Å². The number of nitrogens with zero attached hydrogens (tertiary/aromatic N) is 2. The number of nitrogens with one attached hydrogen (secondary N) is 1. The van der Waals surface area contributed by atoms with Gasteiger partial charge in [0.2, 0.25) is 10.0 Å². The Morgan fingerprint density at radius 1 is 1.53 bits per heavy atom. The van der Waals surface area contributed by atoms with Crippen molar-refractivity contribution in [3.63, 3.8) is 0 Å². The van der Waals surface area contributed by atoms with Crippen LogP contribution in [0.2, 0.25) is 0 Å². The van der Waals surface area contributed by atoms with Crippen LogP contribution in [0.5, 0.6) is 0 Å². The summed E-state index contributed by atoms with van der Waals surface area (Å²) in [5.74, 6) is 0. The summed E-state index contributed by atoms with van der Waals surface area (Å²) in [5.41, 5.74) is 4.89. The Hall–Kier alpha value is -1.49. The Balaban J connectivity index is 3.02. The van der Waals surface area contributed by atoms with Crippen molar-refractivity contribution in [1.29, 1.82) is 5.26 Å². The van der Waals surface area contributed by atoms with Gasteiger partial charge in [0.15, 0.2) is 0 Å². The second kappa shape index (κ2) is 4.79. The Kier molecular flexibility index (Phi) is 3.83. The molecule has 0 unspecified atom stereocenters. The number of nitriles is 1. The number of hydrogen-bond acceptors (Lipinski definition) is 5. The molecule has 1 heterocycles. The molecule has 0 atom stereocenters. The summed E-state index contributed by atoms with van der Waals surface area (Å²) in [5, 5.41) is 8.56. The Labute approximate surface area is 101 Å². The van der Waals surface area contributed by atoms with Crippen molar-refractivity contribution in [3.05, 3.63) is 24.0 Å². The predicted octanol–water partition coefficient (Wildman–Crippen LogP) is -0.0311. The molecule has 0 aromatic carbocycles. The van der Waals surface area contributed by atoms with Gasteiger partial charge in [-0.05, 0) is 26.0 Å². The van der Waals surface area contributed by atoms with Crippen LogP contribution in [-0.2, 0) is 10.0 Å². The molecule has 1 rings (SSSR count). The quantitative estimate of drug-likeness (QED) is 0.784. The SMILES string of the molecule is CC(C)(CN)NS(=O)(=O)c1ccc(C#N)nc1. The van der Waals surface area contributed by atoms with Crippen molar-refractivity contribution in [3.8, 4) is 6.07 Å². The second-order valence-electron chi connectivity index (χ2n) is 4.18. The van der Waals surface area contributed by atoms with Crippen molar-refractivity contribution < 1.29 is 8.42 Å². The molecule has 3 N–H and O–H groups in total. The molecule has 0 saturated carbocycles. The lowest BCUT2D eigenvalue weighted by Gasteiger charge is -2.23. The van der Waals surface area contributed by atoms with Crippen LogP contribution in [-0.4, -0.2) is 25.5 Å². The summed E-state index contributed by atoms with van der Waals surface area (Å²) in [6, 6.07) is 4.50. The molecule has 0 aliphatic heterocycles. The van der Waals surface area contributed by atoms with Crippen molar-refractivity contribution in [2.45, 2.75) is 24.3 Å². The van der Waals surface area contributed by atoms with Gasteiger partial charge in [0, 0.05) is 18.3 Å². The van der Waals surface area contributed by atoms with Crippen LogP contribution in [0.1, 0.15) is 19.5 Å². The van der Waals surface area contributed by atoms with Gasteiger partial charge < -0.3 is 5.73 Å². The molecule has 0 spiro atoms. The molecule has 0 amide bonds. The highest BCUT2D eigenvalue weighted by Gasteiger charge is 2.24. The van der Waals surface area contributed by atoms with Crippen molar-refractivity contribution in [1.82, 2.24) is 9.71 Å². The van der Waals surface area contributed by atoms with Gasteiger partial charge in [-0.3, -0.25) is 0 Å². The predicted molar refractivity (Wildman–Crippen MR) is 62.4 cm³/mol. The zero-order valence-electron chi connectivity index (χ0n) is 9.64. The highest BCUT2D eigenvalue weighted by molar-refractivity contribution is 7.89. The number of sulfonamides is 1. The van der Waals surface area contributed by atoms with Gasteiger partial charge in [-0.15, -0.1) is 0 Å². The summed E-state index contributed by atoms with van der Waals surface area (Å²) in [6.45, 7) is 3.54. The smallest absolute Gasteiger partial charge is 0.242 e. The maximum Gasteiger partial charge on any atom is 0.242 e. The first kappa shape index (κ1) is 13.6. The highest BCUT2D eigenvalue weighted by Crippen LogP contribution is 2.11. The third kappa shape index (κ3) is 3.49. The summed E-state index contributed by atoms with van der Waals surface area (Å²) >= 11 is 0. The van der Waals surface area contributed by atoms with Crippen LogP contribution in [0.3, 0.4) is 0 Å². The number of aromatic nitrogens is 1. The molecule has 0 aliphatic rings. The normalized spacial score (nSPS) is 12.1. The third-order valence-corrected chi connectivity index (χ3v) is 3.77. The Bertz CT molecular complexity index is 528. The van der Waals surface area contributed by atoms with Gasteiger partial charge >= 0.3 is 0 Å². The Morgan fingerprint density at radius 3 is 2.59 bits per heavy atom. The fourth-order valence-electron chi connectivity index (χ4n) is 1.07. The average Bonchev–Trinajstić information content (AvgIpc) is 2.28. The maximum absolute atomic E-state index is 11.9. The molecule has 0 fully saturated rings. The minimum Gasteiger partial charge on any atom is -0.329 e. The molecule has 0 aliphatic carbocycles. The van der Waals surface area contributed by atoms with Crippen molar-refractivity contribution in [2.24, 2.45) is 5.73 Å². The zero-order chi connectivity index (χ0) is 13.1. The van der Waals surface area contributed by atoms with Crippen LogP contribution < -0.4 is 10.5 Å². The van der Waals surface area contributed by atoms with E-state index in [1.54, 1.807) is 13.8 Å². The van der Waals surface area contributed by atoms with Crippen LogP contribution in [0.15, 0.2) is 23.2 Å². The minimum atomic E-state index is -3.66. The van der Waals surface area contributed by atoms with E-state index in [1.165, 1.54) is 12.1 Å². The van der Waals surface area contributed by atoms with Crippen LogP contribution >= 0.6 is 0 Å². The lowest BCUT2D eigenvalue weighted by atomic mass is 10.1. The first-order chi connectivity index (χ1) is 7.80. The molecule has 7 heteroatoms. The number of nitrogens with two attached hydrogens (primary N) is 1. The van der Waals surface area contributed by atoms with Crippen LogP contribution in [0.4, 0.5) is 0 Å². The molecule has 0 bridgehead atoms. The van der Waals surface area contributed by atoms with Crippen LogP contribution in [0, 0.1) is 11.3 Å². The summed E-state index contributed by atoms with van der Waals surface area (Å²) in [4.78, 5) is 3.72. The molecule has 0 radical (unpaired) electrons. The Morgan fingerprint density at radius 2 is 2.18 bits per heavy atom. The standard InChI is InChI=1S/C10H14N4O2S/c1-10(2,7-12)14-17(15,16)9-4-3-8(5-11)13-6-9/h3-4,6,14H,7,12H2,1-2H3. The fourth-order valence-corrected chi connectivity index (χ4v) is 2.44. The molecule has 6 nitrogen and oxygen atoms in total. The largest absolute Gasteiger partial charge is 0.329 e. The second-order valence-corrected chi connectivity index (χ2v) is 5.87. The molecule has 1 aromatic heterocycles.